The molecule has 5 heteroatoms. The van der Waals surface area contributed by atoms with E-state index in [4.69, 9.17) is 5.73 Å². The molecule has 1 heterocycles. The molecule has 0 aliphatic carbocycles. The van der Waals surface area contributed by atoms with Gasteiger partial charge in [-0.3, -0.25) is 0 Å². The second kappa shape index (κ2) is 4.97. The average Bonchev–Trinajstić information content (AvgIpc) is 2.35. The van der Waals surface area contributed by atoms with Crippen LogP contribution in [-0.4, -0.2) is 27.7 Å². The van der Waals surface area contributed by atoms with E-state index in [1.54, 1.807) is 0 Å². The number of anilines is 2. The highest BCUT2D eigenvalue weighted by Crippen LogP contribution is 2.21. The standard InChI is InChI=1S/C12H16N4O/c1-2-9(6-17)16-12-10-4-3-8(13)5-11(10)14-7-15-12/h3-5,7,9,17H,2,6,13H2,1H3,(H,14,15,16). The number of hydrogen-bond donors (Lipinski definition) is 3. The van der Waals surface area contributed by atoms with Gasteiger partial charge in [0.1, 0.15) is 12.1 Å². The predicted octanol–water partition coefficient (Wildman–Crippen LogP) is 1.39. The summed E-state index contributed by atoms with van der Waals surface area (Å²) in [5, 5.41) is 13.3. The zero-order chi connectivity index (χ0) is 12.3. The monoisotopic (exact) mass is 232 g/mol. The lowest BCUT2D eigenvalue weighted by Crippen LogP contribution is -2.23. The smallest absolute Gasteiger partial charge is 0.137 e. The van der Waals surface area contributed by atoms with Crippen molar-refractivity contribution in [3.63, 3.8) is 0 Å². The number of aromatic nitrogens is 2. The van der Waals surface area contributed by atoms with E-state index < -0.39 is 0 Å². The molecule has 2 aromatic rings. The Morgan fingerprint density at radius 2 is 2.24 bits per heavy atom. The molecule has 0 saturated heterocycles. The molecule has 17 heavy (non-hydrogen) atoms. The van der Waals surface area contributed by atoms with Crippen LogP contribution in [0.25, 0.3) is 10.9 Å². The maximum absolute atomic E-state index is 9.18. The molecule has 0 spiro atoms. The van der Waals surface area contributed by atoms with Crippen molar-refractivity contribution >= 4 is 22.4 Å². The number of fused-ring (bicyclic) bond motifs is 1. The van der Waals surface area contributed by atoms with Crippen LogP contribution in [0.15, 0.2) is 24.5 Å². The van der Waals surface area contributed by atoms with E-state index in [9.17, 15) is 5.11 Å². The van der Waals surface area contributed by atoms with Gasteiger partial charge in [0.2, 0.25) is 0 Å². The first-order chi connectivity index (χ1) is 8.24. The summed E-state index contributed by atoms with van der Waals surface area (Å²) in [7, 11) is 0. The fourth-order valence-electron chi connectivity index (χ4n) is 1.66. The first kappa shape index (κ1) is 11.6. The van der Waals surface area contributed by atoms with Crippen molar-refractivity contribution in [1.29, 1.82) is 0 Å². The number of rotatable bonds is 4. The summed E-state index contributed by atoms with van der Waals surface area (Å²) in [6, 6.07) is 5.52. The lowest BCUT2D eigenvalue weighted by atomic mass is 10.2. The third kappa shape index (κ3) is 2.45. The van der Waals surface area contributed by atoms with Crippen LogP contribution in [0, 0.1) is 0 Å². The van der Waals surface area contributed by atoms with Crippen LogP contribution < -0.4 is 11.1 Å². The Balaban J connectivity index is 2.40. The van der Waals surface area contributed by atoms with E-state index in [0.717, 1.165) is 23.1 Å². The SMILES string of the molecule is CCC(CO)Nc1ncnc2cc(N)ccc12. The minimum absolute atomic E-state index is 0.00523. The summed E-state index contributed by atoms with van der Waals surface area (Å²) in [5.41, 5.74) is 7.19. The highest BCUT2D eigenvalue weighted by atomic mass is 16.3. The lowest BCUT2D eigenvalue weighted by molar-refractivity contribution is 0.271. The van der Waals surface area contributed by atoms with Crippen LogP contribution in [0.5, 0.6) is 0 Å². The molecule has 0 fully saturated rings. The molecule has 0 aliphatic rings. The minimum atomic E-state index is 0.00523. The Morgan fingerprint density at radius 3 is 2.94 bits per heavy atom. The topological polar surface area (TPSA) is 84.1 Å². The molecule has 5 nitrogen and oxygen atoms in total. The van der Waals surface area contributed by atoms with Crippen molar-refractivity contribution in [2.75, 3.05) is 17.7 Å². The molecule has 90 valence electrons. The van der Waals surface area contributed by atoms with Gasteiger partial charge in [0.05, 0.1) is 18.2 Å². The molecule has 2 rings (SSSR count). The number of nitrogens with zero attached hydrogens (tertiary/aromatic N) is 2. The molecule has 0 saturated carbocycles. The second-order valence-electron chi connectivity index (χ2n) is 3.93. The average molecular weight is 232 g/mol. The highest BCUT2D eigenvalue weighted by molar-refractivity contribution is 5.90. The Labute approximate surface area is 99.7 Å². The third-order valence-corrected chi connectivity index (χ3v) is 2.71. The van der Waals surface area contributed by atoms with Gasteiger partial charge in [-0.1, -0.05) is 6.92 Å². The highest BCUT2D eigenvalue weighted by Gasteiger charge is 2.08. The van der Waals surface area contributed by atoms with Crippen LogP contribution in [-0.2, 0) is 0 Å². The maximum atomic E-state index is 9.18. The van der Waals surface area contributed by atoms with E-state index in [2.05, 4.69) is 15.3 Å². The van der Waals surface area contributed by atoms with E-state index in [1.165, 1.54) is 6.33 Å². The van der Waals surface area contributed by atoms with Crippen molar-refractivity contribution < 1.29 is 5.11 Å². The van der Waals surface area contributed by atoms with Gasteiger partial charge in [0.15, 0.2) is 0 Å². The molecular formula is C12H16N4O. The first-order valence-corrected chi connectivity index (χ1v) is 5.62. The molecule has 1 aromatic heterocycles. The van der Waals surface area contributed by atoms with E-state index in [1.807, 2.05) is 25.1 Å². The quantitative estimate of drug-likeness (QED) is 0.694. The van der Waals surface area contributed by atoms with Gasteiger partial charge in [-0.05, 0) is 24.6 Å². The van der Waals surface area contributed by atoms with Gasteiger partial charge < -0.3 is 16.2 Å². The lowest BCUT2D eigenvalue weighted by Gasteiger charge is -2.15. The van der Waals surface area contributed by atoms with Gasteiger partial charge in [-0.2, -0.15) is 0 Å². The summed E-state index contributed by atoms with van der Waals surface area (Å²) >= 11 is 0. The molecule has 0 bridgehead atoms. The number of hydrogen-bond acceptors (Lipinski definition) is 5. The Bertz CT molecular complexity index is 511. The molecular weight excluding hydrogens is 216 g/mol. The summed E-state index contributed by atoms with van der Waals surface area (Å²) in [6.45, 7) is 2.09. The summed E-state index contributed by atoms with van der Waals surface area (Å²) < 4.78 is 0. The van der Waals surface area contributed by atoms with E-state index in [0.29, 0.717) is 5.69 Å². The summed E-state index contributed by atoms with van der Waals surface area (Å²) in [6.07, 6.45) is 2.32. The molecule has 1 atom stereocenters. The normalized spacial score (nSPS) is 12.6. The molecule has 1 aromatic carbocycles. The van der Waals surface area contributed by atoms with Gasteiger partial charge in [-0.25, -0.2) is 9.97 Å². The Hall–Kier alpha value is -1.88. The number of benzene rings is 1. The minimum Gasteiger partial charge on any atom is -0.399 e. The van der Waals surface area contributed by atoms with Crippen molar-refractivity contribution in [2.24, 2.45) is 0 Å². The molecule has 0 aliphatic heterocycles. The van der Waals surface area contributed by atoms with Gasteiger partial charge in [0.25, 0.3) is 0 Å². The third-order valence-electron chi connectivity index (χ3n) is 2.71. The molecule has 0 radical (unpaired) electrons. The van der Waals surface area contributed by atoms with Crippen molar-refractivity contribution in [3.8, 4) is 0 Å². The molecule has 0 amide bonds. The van der Waals surface area contributed by atoms with E-state index >= 15 is 0 Å². The number of nitrogens with two attached hydrogens (primary N) is 1. The van der Waals surface area contributed by atoms with Gasteiger partial charge in [-0.15, -0.1) is 0 Å². The fraction of sp³-hybridized carbons (Fsp3) is 0.333. The summed E-state index contributed by atoms with van der Waals surface area (Å²) in [4.78, 5) is 8.37. The Kier molecular flexibility index (Phi) is 3.39. The zero-order valence-electron chi connectivity index (χ0n) is 9.72. The van der Waals surface area contributed by atoms with Crippen molar-refractivity contribution in [1.82, 2.24) is 9.97 Å². The molecule has 4 N–H and O–H groups in total. The van der Waals surface area contributed by atoms with Crippen LogP contribution in [0.2, 0.25) is 0 Å². The first-order valence-electron chi connectivity index (χ1n) is 5.62. The number of nitrogen functional groups attached to an aromatic ring is 1. The predicted molar refractivity (Wildman–Crippen MR) is 68.7 cm³/mol. The summed E-state index contributed by atoms with van der Waals surface area (Å²) in [5.74, 6) is 0.732. The van der Waals surface area contributed by atoms with Crippen molar-refractivity contribution in [2.45, 2.75) is 19.4 Å². The number of aliphatic hydroxyl groups is 1. The zero-order valence-corrected chi connectivity index (χ0v) is 9.72. The fourth-order valence-corrected chi connectivity index (χ4v) is 1.66. The number of aliphatic hydroxyl groups excluding tert-OH is 1. The Morgan fingerprint density at radius 1 is 1.41 bits per heavy atom. The van der Waals surface area contributed by atoms with Crippen LogP contribution >= 0.6 is 0 Å². The molecule has 1 unspecified atom stereocenters. The largest absolute Gasteiger partial charge is 0.399 e. The number of nitrogens with one attached hydrogen (secondary N) is 1. The van der Waals surface area contributed by atoms with Crippen LogP contribution in [0.3, 0.4) is 0 Å². The maximum Gasteiger partial charge on any atom is 0.137 e. The van der Waals surface area contributed by atoms with E-state index in [-0.39, 0.29) is 12.6 Å². The second-order valence-corrected chi connectivity index (χ2v) is 3.93. The van der Waals surface area contributed by atoms with Gasteiger partial charge >= 0.3 is 0 Å². The van der Waals surface area contributed by atoms with Gasteiger partial charge in [0, 0.05) is 11.1 Å². The van der Waals surface area contributed by atoms with Crippen LogP contribution in [0.1, 0.15) is 13.3 Å². The van der Waals surface area contributed by atoms with Crippen LogP contribution in [0.4, 0.5) is 11.5 Å². The van der Waals surface area contributed by atoms with Crippen molar-refractivity contribution in [3.05, 3.63) is 24.5 Å².